The number of aliphatic carboxylic acids is 1. The lowest BCUT2D eigenvalue weighted by Crippen LogP contribution is -2.48. The number of ether oxygens (including phenoxy) is 1. The Labute approximate surface area is 278 Å². The minimum atomic E-state index is -4.55. The van der Waals surface area contributed by atoms with Crippen LogP contribution in [0.2, 0.25) is 5.02 Å². The fraction of sp³-hybridized carbons (Fsp3) is 0.333. The molecule has 2 heterocycles. The van der Waals surface area contributed by atoms with E-state index < -0.39 is 17.7 Å². The van der Waals surface area contributed by atoms with Crippen LogP contribution in [-0.2, 0) is 17.5 Å². The van der Waals surface area contributed by atoms with Crippen LogP contribution in [0.25, 0.3) is 0 Å². The number of carbonyl (C=O) groups is 1. The molecular weight excluding hydrogens is 629 g/mol. The normalized spacial score (nSPS) is 14.1. The van der Waals surface area contributed by atoms with Gasteiger partial charge in [0.05, 0.1) is 23.7 Å². The van der Waals surface area contributed by atoms with E-state index in [1.54, 1.807) is 12.1 Å². The fourth-order valence-electron chi connectivity index (χ4n) is 5.88. The van der Waals surface area contributed by atoms with E-state index in [0.29, 0.717) is 63.7 Å². The molecule has 0 spiro atoms. The molecule has 0 radical (unpaired) electrons. The maximum atomic E-state index is 13.7. The largest absolute Gasteiger partial charge is 0.480 e. The summed E-state index contributed by atoms with van der Waals surface area (Å²) in [5.74, 6) is 0.401. The minimum absolute atomic E-state index is 0.0165. The summed E-state index contributed by atoms with van der Waals surface area (Å²) in [7, 11) is 0. The summed E-state index contributed by atoms with van der Waals surface area (Å²) in [5.41, 5.74) is 1.80. The zero-order valence-electron chi connectivity index (χ0n) is 26.0. The van der Waals surface area contributed by atoms with E-state index in [0.717, 1.165) is 23.0 Å². The first-order chi connectivity index (χ1) is 22.7. The maximum Gasteiger partial charge on any atom is 0.417 e. The van der Waals surface area contributed by atoms with Gasteiger partial charge in [-0.15, -0.1) is 0 Å². The van der Waals surface area contributed by atoms with Crippen molar-refractivity contribution < 1.29 is 27.8 Å². The molecule has 0 atom stereocenters. The van der Waals surface area contributed by atoms with Crippen molar-refractivity contribution in [3.05, 3.63) is 124 Å². The second-order valence-electron chi connectivity index (χ2n) is 11.6. The molecule has 4 aromatic rings. The molecule has 1 aliphatic heterocycles. The summed E-state index contributed by atoms with van der Waals surface area (Å²) in [5, 5.41) is 8.79. The van der Waals surface area contributed by atoms with Gasteiger partial charge in [0.15, 0.2) is 0 Å². The van der Waals surface area contributed by atoms with Gasteiger partial charge in [0, 0.05) is 57.8 Å². The molecule has 0 amide bonds. The average Bonchev–Trinajstić information content (AvgIpc) is 3.06. The number of carboxylic acid groups (broad SMARTS) is 1. The fourth-order valence-corrected chi connectivity index (χ4v) is 6.17. The van der Waals surface area contributed by atoms with Crippen LogP contribution in [0.4, 0.5) is 19.0 Å². The van der Waals surface area contributed by atoms with Gasteiger partial charge in [-0.05, 0) is 35.2 Å². The molecule has 7 nitrogen and oxygen atoms in total. The summed E-state index contributed by atoms with van der Waals surface area (Å²) >= 11 is 6.35. The molecule has 1 saturated heterocycles. The van der Waals surface area contributed by atoms with Crippen LogP contribution < -0.4 is 9.64 Å². The van der Waals surface area contributed by atoms with E-state index in [-0.39, 0.29) is 24.0 Å². The number of alkyl halides is 3. The zero-order chi connectivity index (χ0) is 33.2. The highest BCUT2D eigenvalue weighted by Gasteiger charge is 2.34. The third-order valence-electron chi connectivity index (χ3n) is 8.26. The first-order valence-electron chi connectivity index (χ1n) is 15.6. The van der Waals surface area contributed by atoms with Crippen molar-refractivity contribution in [2.75, 3.05) is 57.3 Å². The van der Waals surface area contributed by atoms with E-state index in [1.807, 2.05) is 53.4 Å². The number of aromatic nitrogens is 1. The molecule has 0 aliphatic carbocycles. The van der Waals surface area contributed by atoms with E-state index in [1.165, 1.54) is 6.07 Å². The van der Waals surface area contributed by atoms with Gasteiger partial charge in [0.2, 0.25) is 5.88 Å². The molecule has 11 heteroatoms. The second-order valence-corrected chi connectivity index (χ2v) is 12.0. The second kappa shape index (κ2) is 16.1. The van der Waals surface area contributed by atoms with E-state index in [4.69, 9.17) is 21.4 Å². The Kier molecular flexibility index (Phi) is 11.7. The third-order valence-corrected chi connectivity index (χ3v) is 8.70. The highest BCUT2D eigenvalue weighted by molar-refractivity contribution is 6.32. The Hall–Kier alpha value is -4.12. The van der Waals surface area contributed by atoms with Crippen molar-refractivity contribution >= 4 is 23.4 Å². The quantitative estimate of drug-likeness (QED) is 0.145. The Morgan fingerprint density at radius 1 is 0.894 bits per heavy atom. The van der Waals surface area contributed by atoms with Gasteiger partial charge in [-0.1, -0.05) is 90.5 Å². The standard InChI is InChI=1S/C36H38ClF3N4O3/c37-35-29(14-7-15-31(35)36(38,39)40)24-43(25-30(27-10-3-1-4-11-27)28-12-5-2-6-13-28)18-9-23-47-33-17-8-16-32(41-33)44-21-19-42(20-22-44)26-34(45)46/h1-8,10-17,30H,9,18-26H2,(H,45,46). The molecular formula is C36H38ClF3N4O3. The minimum Gasteiger partial charge on any atom is -0.480 e. The number of pyridine rings is 1. The number of benzene rings is 3. The van der Waals surface area contributed by atoms with Gasteiger partial charge in [0.1, 0.15) is 5.82 Å². The number of carboxylic acids is 1. The first-order valence-corrected chi connectivity index (χ1v) is 16.0. The summed E-state index contributed by atoms with van der Waals surface area (Å²) in [6.07, 6.45) is -3.94. The van der Waals surface area contributed by atoms with Gasteiger partial charge in [-0.25, -0.2) is 0 Å². The van der Waals surface area contributed by atoms with Crippen molar-refractivity contribution in [3.63, 3.8) is 0 Å². The Bertz CT molecular complexity index is 1550. The maximum absolute atomic E-state index is 13.7. The van der Waals surface area contributed by atoms with Crippen LogP contribution in [0, 0.1) is 0 Å². The lowest BCUT2D eigenvalue weighted by atomic mass is 9.90. The number of piperazine rings is 1. The first kappa shape index (κ1) is 34.2. The smallest absolute Gasteiger partial charge is 0.417 e. The molecule has 1 aliphatic rings. The molecule has 47 heavy (non-hydrogen) atoms. The van der Waals surface area contributed by atoms with E-state index in [2.05, 4.69) is 39.0 Å². The van der Waals surface area contributed by atoms with Crippen LogP contribution in [-0.4, -0.2) is 78.3 Å². The Morgan fingerprint density at radius 3 is 2.15 bits per heavy atom. The summed E-state index contributed by atoms with van der Waals surface area (Å²) in [6.45, 7) is 4.34. The van der Waals surface area contributed by atoms with Crippen LogP contribution in [0.15, 0.2) is 97.1 Å². The number of halogens is 4. The van der Waals surface area contributed by atoms with E-state index in [9.17, 15) is 18.0 Å². The highest BCUT2D eigenvalue weighted by atomic mass is 35.5. The lowest BCUT2D eigenvalue weighted by molar-refractivity contribution is -0.139. The molecule has 1 fully saturated rings. The number of nitrogens with zero attached hydrogens (tertiary/aromatic N) is 4. The molecule has 248 valence electrons. The van der Waals surface area contributed by atoms with Crippen LogP contribution >= 0.6 is 11.6 Å². The highest BCUT2D eigenvalue weighted by Crippen LogP contribution is 2.37. The van der Waals surface area contributed by atoms with Crippen LogP contribution in [0.1, 0.15) is 34.6 Å². The molecule has 0 saturated carbocycles. The zero-order valence-corrected chi connectivity index (χ0v) is 26.7. The van der Waals surface area contributed by atoms with Crippen molar-refractivity contribution in [2.24, 2.45) is 0 Å². The molecule has 1 aromatic heterocycles. The molecule has 1 N–H and O–H groups in total. The van der Waals surface area contributed by atoms with Crippen molar-refractivity contribution in [1.29, 1.82) is 0 Å². The third kappa shape index (κ3) is 9.70. The van der Waals surface area contributed by atoms with Gasteiger partial charge in [-0.2, -0.15) is 18.2 Å². The van der Waals surface area contributed by atoms with Crippen molar-refractivity contribution in [3.8, 4) is 5.88 Å². The lowest BCUT2D eigenvalue weighted by Gasteiger charge is -2.34. The van der Waals surface area contributed by atoms with Gasteiger partial charge >= 0.3 is 12.1 Å². The summed E-state index contributed by atoms with van der Waals surface area (Å²) in [6, 6.07) is 29.8. The van der Waals surface area contributed by atoms with Crippen LogP contribution in [0.5, 0.6) is 5.88 Å². The summed E-state index contributed by atoms with van der Waals surface area (Å²) < 4.78 is 47.1. The topological polar surface area (TPSA) is 69.1 Å². The van der Waals surface area contributed by atoms with Gasteiger partial charge < -0.3 is 14.7 Å². The van der Waals surface area contributed by atoms with Crippen molar-refractivity contribution in [1.82, 2.24) is 14.8 Å². The molecule has 3 aromatic carbocycles. The molecule has 0 unspecified atom stereocenters. The number of hydrogen-bond acceptors (Lipinski definition) is 6. The average molecular weight is 667 g/mol. The molecule has 0 bridgehead atoms. The number of hydrogen-bond donors (Lipinski definition) is 1. The summed E-state index contributed by atoms with van der Waals surface area (Å²) in [4.78, 5) is 21.9. The monoisotopic (exact) mass is 666 g/mol. The number of anilines is 1. The van der Waals surface area contributed by atoms with E-state index >= 15 is 0 Å². The van der Waals surface area contributed by atoms with Crippen molar-refractivity contribution in [2.45, 2.75) is 25.1 Å². The van der Waals surface area contributed by atoms with Crippen LogP contribution in [0.3, 0.4) is 0 Å². The Balaban J connectivity index is 1.28. The van der Waals surface area contributed by atoms with Gasteiger partial charge in [0.25, 0.3) is 0 Å². The van der Waals surface area contributed by atoms with Gasteiger partial charge in [-0.3, -0.25) is 14.6 Å². The SMILES string of the molecule is O=C(O)CN1CCN(c2cccc(OCCCN(Cc3cccc(C(F)(F)F)c3Cl)CC(c3ccccc3)c3ccccc3)n2)CC1. The Morgan fingerprint density at radius 2 is 1.53 bits per heavy atom. The predicted molar refractivity (Wildman–Crippen MR) is 177 cm³/mol. The molecule has 5 rings (SSSR count). The predicted octanol–water partition coefficient (Wildman–Crippen LogP) is 7.06. The number of rotatable bonds is 14.